The molecule has 3 fully saturated rings. The van der Waals surface area contributed by atoms with Crippen molar-refractivity contribution in [2.75, 3.05) is 53.9 Å². The maximum Gasteiger partial charge on any atom is 0.410 e. The molecule has 2 heterocycles. The average molecular weight is 495 g/mol. The molecular weight excluding hydrogens is 455 g/mol. The van der Waals surface area contributed by atoms with Crippen molar-refractivity contribution in [3.05, 3.63) is 35.6 Å². The summed E-state index contributed by atoms with van der Waals surface area (Å²) in [6, 6.07) is 7.28. The number of hydrogen-bond acceptors (Lipinski definition) is 7. The first-order chi connectivity index (χ1) is 16.4. The summed E-state index contributed by atoms with van der Waals surface area (Å²) in [5, 5.41) is 0. The van der Waals surface area contributed by atoms with Crippen LogP contribution in [0.1, 0.15) is 43.6 Å². The first kappa shape index (κ1) is 25.7. The van der Waals surface area contributed by atoms with Crippen molar-refractivity contribution in [2.45, 2.75) is 56.3 Å². The molecule has 2 saturated heterocycles. The standard InChI is InChI=1S/C25H39FN4O3S/c1-28(2)34-27-24-11-12-30(25(31)33-23-15-29(3)16-23)14-20(24)17-32-22-9-7-18(8-10-22)19-5-4-6-21(26)13-19/h4-6,13,18,20,22-24,27H,7-12,14-17H2,1-3H3/t18-,20?,22+,24?. The van der Waals surface area contributed by atoms with Gasteiger partial charge in [-0.05, 0) is 76.9 Å². The van der Waals surface area contributed by atoms with Gasteiger partial charge in [0.05, 0.1) is 12.7 Å². The number of ether oxygens (including phenoxy) is 2. The van der Waals surface area contributed by atoms with Gasteiger partial charge in [-0.25, -0.2) is 18.2 Å². The Morgan fingerprint density at radius 3 is 2.59 bits per heavy atom. The first-order valence-corrected chi connectivity index (χ1v) is 13.3. The average Bonchev–Trinajstić information content (AvgIpc) is 2.81. The lowest BCUT2D eigenvalue weighted by Gasteiger charge is -2.41. The van der Waals surface area contributed by atoms with E-state index >= 15 is 0 Å². The molecule has 190 valence electrons. The van der Waals surface area contributed by atoms with Gasteiger partial charge >= 0.3 is 6.09 Å². The Balaban J connectivity index is 1.27. The molecule has 1 N–H and O–H groups in total. The molecule has 3 aliphatic rings. The highest BCUT2D eigenvalue weighted by Crippen LogP contribution is 2.34. The Hall–Kier alpha value is -1.39. The van der Waals surface area contributed by atoms with Gasteiger partial charge in [0, 0.05) is 50.3 Å². The minimum Gasteiger partial charge on any atom is -0.443 e. The van der Waals surface area contributed by atoms with Gasteiger partial charge in [0.25, 0.3) is 0 Å². The summed E-state index contributed by atoms with van der Waals surface area (Å²) in [6.07, 6.45) is 4.92. The van der Waals surface area contributed by atoms with Crippen molar-refractivity contribution in [1.29, 1.82) is 0 Å². The van der Waals surface area contributed by atoms with Crippen molar-refractivity contribution < 1.29 is 18.7 Å². The van der Waals surface area contributed by atoms with E-state index < -0.39 is 0 Å². The second kappa shape index (κ2) is 12.0. The molecule has 0 radical (unpaired) electrons. The minimum atomic E-state index is -0.197. The van der Waals surface area contributed by atoms with E-state index in [1.165, 1.54) is 6.07 Å². The second-order valence-electron chi connectivity index (χ2n) is 10.2. The smallest absolute Gasteiger partial charge is 0.410 e. The fraction of sp³-hybridized carbons (Fsp3) is 0.720. The van der Waals surface area contributed by atoms with Crippen molar-refractivity contribution >= 4 is 18.2 Å². The third-order valence-electron chi connectivity index (χ3n) is 7.22. The molecule has 2 unspecified atom stereocenters. The van der Waals surface area contributed by atoms with Crippen molar-refractivity contribution in [1.82, 2.24) is 18.8 Å². The van der Waals surface area contributed by atoms with E-state index in [9.17, 15) is 9.18 Å². The summed E-state index contributed by atoms with van der Waals surface area (Å²) in [6.45, 7) is 3.59. The van der Waals surface area contributed by atoms with Crippen LogP contribution in [0.25, 0.3) is 0 Å². The monoisotopic (exact) mass is 494 g/mol. The SMILES string of the molecule is CN1CC(OC(=O)N2CCC(NSN(C)C)C(CO[C@H]3CC[C@@H](c4cccc(F)c4)CC3)C2)C1. The van der Waals surface area contributed by atoms with Crippen LogP contribution < -0.4 is 4.72 Å². The van der Waals surface area contributed by atoms with Crippen LogP contribution in [-0.4, -0.2) is 92.4 Å². The highest BCUT2D eigenvalue weighted by molar-refractivity contribution is 7.95. The van der Waals surface area contributed by atoms with Crippen molar-refractivity contribution in [3.8, 4) is 0 Å². The molecule has 0 bridgehead atoms. The number of halogens is 1. The minimum absolute atomic E-state index is 0.0145. The number of carbonyl (C=O) groups is 1. The maximum absolute atomic E-state index is 13.6. The van der Waals surface area contributed by atoms with E-state index in [1.54, 1.807) is 24.3 Å². The van der Waals surface area contributed by atoms with E-state index in [-0.39, 0.29) is 36.1 Å². The molecule has 0 spiro atoms. The van der Waals surface area contributed by atoms with E-state index in [1.807, 2.05) is 36.4 Å². The van der Waals surface area contributed by atoms with Gasteiger partial charge in [0.15, 0.2) is 0 Å². The topological polar surface area (TPSA) is 57.3 Å². The normalized spacial score (nSPS) is 28.7. The van der Waals surface area contributed by atoms with Gasteiger partial charge in [-0.15, -0.1) is 0 Å². The fourth-order valence-corrected chi connectivity index (χ4v) is 5.87. The Kier molecular flexibility index (Phi) is 9.09. The number of nitrogens with one attached hydrogen (secondary N) is 1. The number of amides is 1. The predicted molar refractivity (Wildman–Crippen MR) is 133 cm³/mol. The summed E-state index contributed by atoms with van der Waals surface area (Å²) in [5.41, 5.74) is 1.10. The van der Waals surface area contributed by atoms with Crippen LogP contribution in [0.2, 0.25) is 0 Å². The third-order valence-corrected chi connectivity index (χ3v) is 7.99. The van der Waals surface area contributed by atoms with Crippen LogP contribution in [-0.2, 0) is 9.47 Å². The van der Waals surface area contributed by atoms with Crippen LogP contribution >= 0.6 is 12.1 Å². The molecule has 1 aliphatic carbocycles. The zero-order valence-corrected chi connectivity index (χ0v) is 21.4. The lowest BCUT2D eigenvalue weighted by molar-refractivity contribution is -0.0349. The summed E-state index contributed by atoms with van der Waals surface area (Å²) in [5.74, 6) is 0.459. The van der Waals surface area contributed by atoms with Gasteiger partial charge in [0.1, 0.15) is 11.9 Å². The van der Waals surface area contributed by atoms with E-state index in [0.29, 0.717) is 25.6 Å². The van der Waals surface area contributed by atoms with Gasteiger partial charge in [0.2, 0.25) is 0 Å². The van der Waals surface area contributed by atoms with E-state index in [0.717, 1.165) is 50.8 Å². The number of benzene rings is 1. The number of carbonyl (C=O) groups excluding carboxylic acids is 1. The van der Waals surface area contributed by atoms with Gasteiger partial charge in [-0.1, -0.05) is 12.1 Å². The molecule has 1 aromatic rings. The number of rotatable bonds is 8. The lowest BCUT2D eigenvalue weighted by Crippen LogP contribution is -2.55. The quantitative estimate of drug-likeness (QED) is 0.553. The molecule has 2 atom stereocenters. The lowest BCUT2D eigenvalue weighted by atomic mass is 9.82. The van der Waals surface area contributed by atoms with Crippen LogP contribution in [0.3, 0.4) is 0 Å². The zero-order valence-electron chi connectivity index (χ0n) is 20.6. The van der Waals surface area contributed by atoms with E-state index in [2.05, 4.69) is 9.62 Å². The van der Waals surface area contributed by atoms with Gasteiger partial charge in [-0.2, -0.15) is 0 Å². The molecule has 0 aromatic heterocycles. The predicted octanol–water partition coefficient (Wildman–Crippen LogP) is 3.72. The molecule has 1 aromatic carbocycles. The van der Waals surface area contributed by atoms with Crippen LogP contribution in [0.5, 0.6) is 0 Å². The van der Waals surface area contributed by atoms with Gasteiger partial charge in [-0.3, -0.25) is 4.90 Å². The highest BCUT2D eigenvalue weighted by atomic mass is 32.2. The van der Waals surface area contributed by atoms with Crippen LogP contribution in [0.4, 0.5) is 9.18 Å². The Labute approximate surface area is 207 Å². The molecule has 2 aliphatic heterocycles. The van der Waals surface area contributed by atoms with E-state index in [4.69, 9.17) is 9.47 Å². The summed E-state index contributed by atoms with van der Waals surface area (Å²) in [4.78, 5) is 16.7. The number of piperidine rings is 1. The van der Waals surface area contributed by atoms with Gasteiger partial charge < -0.3 is 14.4 Å². The number of hydrogen-bond donors (Lipinski definition) is 1. The number of likely N-dealkylation sites (N-methyl/N-ethyl adjacent to an activating group) is 1. The molecule has 1 amide bonds. The summed E-state index contributed by atoms with van der Waals surface area (Å²) < 4.78 is 31.3. The third kappa shape index (κ3) is 7.07. The van der Waals surface area contributed by atoms with Crippen LogP contribution in [0.15, 0.2) is 24.3 Å². The fourth-order valence-electron chi connectivity index (χ4n) is 5.21. The Morgan fingerprint density at radius 2 is 1.91 bits per heavy atom. The number of nitrogens with zero attached hydrogens (tertiary/aromatic N) is 3. The zero-order chi connectivity index (χ0) is 24.1. The molecule has 9 heteroatoms. The molecule has 1 saturated carbocycles. The first-order valence-electron chi connectivity index (χ1n) is 12.5. The van der Waals surface area contributed by atoms with Crippen LogP contribution in [0, 0.1) is 11.7 Å². The Bertz CT molecular complexity index is 802. The maximum atomic E-state index is 13.6. The highest BCUT2D eigenvalue weighted by Gasteiger charge is 2.36. The van der Waals surface area contributed by atoms with Crippen molar-refractivity contribution in [3.63, 3.8) is 0 Å². The summed E-state index contributed by atoms with van der Waals surface area (Å²) in [7, 11) is 6.06. The van der Waals surface area contributed by atoms with Crippen molar-refractivity contribution in [2.24, 2.45) is 5.92 Å². The Morgan fingerprint density at radius 1 is 1.15 bits per heavy atom. The summed E-state index contributed by atoms with van der Waals surface area (Å²) >= 11 is 1.59. The second-order valence-corrected chi connectivity index (χ2v) is 11.4. The molecule has 34 heavy (non-hydrogen) atoms. The largest absolute Gasteiger partial charge is 0.443 e. The number of likely N-dealkylation sites (tertiary alicyclic amines) is 2. The molecule has 4 rings (SSSR count). The molecular formula is C25H39FN4O3S. The molecule has 7 nitrogen and oxygen atoms in total.